The zero-order chi connectivity index (χ0) is 24.2. The van der Waals surface area contributed by atoms with Crippen LogP contribution in [0.15, 0.2) is 24.3 Å². The molecule has 7 nitrogen and oxygen atoms in total. The van der Waals surface area contributed by atoms with E-state index in [4.69, 9.17) is 11.6 Å². The van der Waals surface area contributed by atoms with E-state index < -0.39 is 23.9 Å². The second-order valence-corrected chi connectivity index (χ2v) is 10.5. The Labute approximate surface area is 199 Å². The molecule has 0 spiro atoms. The van der Waals surface area contributed by atoms with E-state index in [2.05, 4.69) is 21.7 Å². The molecule has 1 aliphatic rings. The van der Waals surface area contributed by atoms with Gasteiger partial charge in [0.25, 0.3) is 5.91 Å². The quantitative estimate of drug-likeness (QED) is 0.552. The zero-order valence-electron chi connectivity index (χ0n) is 19.3. The van der Waals surface area contributed by atoms with Crippen molar-refractivity contribution in [3.05, 3.63) is 35.0 Å². The maximum atomic E-state index is 13.1. The van der Waals surface area contributed by atoms with Crippen molar-refractivity contribution in [2.75, 3.05) is 0 Å². The van der Waals surface area contributed by atoms with Crippen LogP contribution < -0.4 is 10.6 Å². The number of nitriles is 1. The fraction of sp³-hybridized carbons (Fsp3) is 0.520. The largest absolute Gasteiger partial charge is 0.350 e. The fourth-order valence-corrected chi connectivity index (χ4v) is 4.46. The normalized spacial score (nSPS) is 18.4. The lowest BCUT2D eigenvalue weighted by molar-refractivity contribution is -0.126. The van der Waals surface area contributed by atoms with E-state index in [-0.39, 0.29) is 17.1 Å². The molecule has 0 saturated heterocycles. The van der Waals surface area contributed by atoms with Crippen molar-refractivity contribution >= 4 is 40.1 Å². The van der Waals surface area contributed by atoms with Crippen LogP contribution in [0.4, 0.5) is 0 Å². The average Bonchev–Trinajstić information content (AvgIpc) is 3.16. The van der Waals surface area contributed by atoms with E-state index in [1.807, 2.05) is 26.8 Å². The standard InChI is InChI=1S/C25H31ClN4O3/c1-25(2,3)13-21(24(33)28-18(14-27)10-16-6-4-5-7-22(16)31)30-23(32)20-11-15-8-9-17(26)12-19(15)29-20/h8-9,11-12,16,18,21,29H,4-7,10,13H2,1-3H3,(H,28,33)(H,30,32)/t16-,18-,21-/m0/s1. The summed E-state index contributed by atoms with van der Waals surface area (Å²) < 4.78 is 0. The van der Waals surface area contributed by atoms with Gasteiger partial charge in [0.15, 0.2) is 0 Å². The predicted molar refractivity (Wildman–Crippen MR) is 128 cm³/mol. The van der Waals surface area contributed by atoms with E-state index in [1.54, 1.807) is 18.2 Å². The smallest absolute Gasteiger partial charge is 0.268 e. The first-order valence-corrected chi connectivity index (χ1v) is 11.8. The molecule has 0 unspecified atom stereocenters. The number of nitrogens with zero attached hydrogens (tertiary/aromatic N) is 1. The number of hydrogen-bond donors (Lipinski definition) is 3. The van der Waals surface area contributed by atoms with Gasteiger partial charge in [0.05, 0.1) is 6.07 Å². The lowest BCUT2D eigenvalue weighted by Gasteiger charge is -2.28. The van der Waals surface area contributed by atoms with E-state index in [9.17, 15) is 19.6 Å². The van der Waals surface area contributed by atoms with E-state index in [1.165, 1.54) is 0 Å². The maximum Gasteiger partial charge on any atom is 0.268 e. The summed E-state index contributed by atoms with van der Waals surface area (Å²) in [5.41, 5.74) is 0.805. The van der Waals surface area contributed by atoms with Crippen molar-refractivity contribution in [3.8, 4) is 6.07 Å². The molecule has 1 aliphatic carbocycles. The minimum absolute atomic E-state index is 0.161. The number of Topliss-reactive ketones (excluding diaryl/α,β-unsaturated/α-hetero) is 1. The summed E-state index contributed by atoms with van der Waals surface area (Å²) in [5.74, 6) is -0.873. The number of rotatable bonds is 7. The second kappa shape index (κ2) is 10.4. The Morgan fingerprint density at radius 2 is 2.00 bits per heavy atom. The van der Waals surface area contributed by atoms with Crippen molar-refractivity contribution < 1.29 is 14.4 Å². The number of fused-ring (bicyclic) bond motifs is 1. The number of halogens is 1. The van der Waals surface area contributed by atoms with Gasteiger partial charge < -0.3 is 15.6 Å². The number of carbonyl (C=O) groups excluding carboxylic acids is 3. The number of amides is 2. The molecule has 3 atom stereocenters. The molecule has 0 aliphatic heterocycles. The molecule has 0 radical (unpaired) electrons. The minimum Gasteiger partial charge on any atom is -0.350 e. The third-order valence-electron chi connectivity index (χ3n) is 5.94. The Bertz CT molecular complexity index is 1080. The summed E-state index contributed by atoms with van der Waals surface area (Å²) in [7, 11) is 0. The molecule has 1 saturated carbocycles. The van der Waals surface area contributed by atoms with Crippen LogP contribution in [0.3, 0.4) is 0 Å². The van der Waals surface area contributed by atoms with Crippen molar-refractivity contribution in [1.82, 2.24) is 15.6 Å². The van der Waals surface area contributed by atoms with Gasteiger partial charge >= 0.3 is 0 Å². The highest BCUT2D eigenvalue weighted by atomic mass is 35.5. The molecule has 2 amide bonds. The SMILES string of the molecule is CC(C)(C)C[C@H](NC(=O)c1cc2ccc(Cl)cc2[nH]1)C(=O)N[C@H](C#N)C[C@@H]1CCCCC1=O. The molecule has 8 heteroatoms. The monoisotopic (exact) mass is 470 g/mol. The minimum atomic E-state index is -0.828. The number of aromatic nitrogens is 1. The van der Waals surface area contributed by atoms with Crippen LogP contribution in [0, 0.1) is 22.7 Å². The number of hydrogen-bond acceptors (Lipinski definition) is 4. The molecule has 1 aromatic carbocycles. The molecule has 2 aromatic rings. The van der Waals surface area contributed by atoms with Gasteiger partial charge in [-0.25, -0.2) is 0 Å². The van der Waals surface area contributed by atoms with Gasteiger partial charge in [-0.2, -0.15) is 5.26 Å². The Balaban J connectivity index is 1.72. The summed E-state index contributed by atoms with van der Waals surface area (Å²) in [5, 5.41) is 16.6. The van der Waals surface area contributed by atoms with Crippen LogP contribution in [0.2, 0.25) is 5.02 Å². The summed E-state index contributed by atoms with van der Waals surface area (Å²) in [4.78, 5) is 41.3. The Hall–Kier alpha value is -2.85. The van der Waals surface area contributed by atoms with Gasteiger partial charge in [-0.15, -0.1) is 0 Å². The molecular formula is C25H31ClN4O3. The van der Waals surface area contributed by atoms with Gasteiger partial charge in [0, 0.05) is 28.3 Å². The summed E-state index contributed by atoms with van der Waals surface area (Å²) in [6.45, 7) is 5.94. The third-order valence-corrected chi connectivity index (χ3v) is 6.18. The third kappa shape index (κ3) is 6.82. The first kappa shape index (κ1) is 24.8. The van der Waals surface area contributed by atoms with E-state index >= 15 is 0 Å². The first-order valence-electron chi connectivity index (χ1n) is 11.4. The lowest BCUT2D eigenvalue weighted by atomic mass is 9.83. The fourth-order valence-electron chi connectivity index (χ4n) is 4.28. The summed E-state index contributed by atoms with van der Waals surface area (Å²) >= 11 is 6.03. The molecule has 0 bridgehead atoms. The lowest BCUT2D eigenvalue weighted by Crippen LogP contribution is -2.51. The summed E-state index contributed by atoms with van der Waals surface area (Å²) in [6.07, 6.45) is 3.82. The first-order chi connectivity index (χ1) is 15.6. The Morgan fingerprint density at radius 1 is 1.24 bits per heavy atom. The molecule has 3 N–H and O–H groups in total. The maximum absolute atomic E-state index is 13.1. The van der Waals surface area contributed by atoms with Crippen LogP contribution in [0.1, 0.15) is 69.8 Å². The zero-order valence-corrected chi connectivity index (χ0v) is 20.1. The van der Waals surface area contributed by atoms with Crippen LogP contribution in [-0.2, 0) is 9.59 Å². The van der Waals surface area contributed by atoms with Crippen LogP contribution in [-0.4, -0.2) is 34.7 Å². The van der Waals surface area contributed by atoms with E-state index in [0.29, 0.717) is 30.0 Å². The number of aromatic amines is 1. The number of carbonyl (C=O) groups is 3. The van der Waals surface area contributed by atoms with Gasteiger partial charge in [0.2, 0.25) is 5.91 Å². The average molecular weight is 471 g/mol. The molecular weight excluding hydrogens is 440 g/mol. The second-order valence-electron chi connectivity index (χ2n) is 10.0. The van der Waals surface area contributed by atoms with Crippen molar-refractivity contribution in [1.29, 1.82) is 5.26 Å². The Kier molecular flexibility index (Phi) is 7.80. The molecule has 3 rings (SSSR count). The van der Waals surface area contributed by atoms with Crippen molar-refractivity contribution in [2.45, 2.75) is 71.4 Å². The van der Waals surface area contributed by atoms with Gasteiger partial charge in [-0.3, -0.25) is 14.4 Å². The molecule has 176 valence electrons. The number of H-pyrrole nitrogens is 1. The molecule has 1 heterocycles. The van der Waals surface area contributed by atoms with Gasteiger partial charge in [-0.1, -0.05) is 44.9 Å². The number of ketones is 1. The van der Waals surface area contributed by atoms with Crippen molar-refractivity contribution in [3.63, 3.8) is 0 Å². The Morgan fingerprint density at radius 3 is 2.67 bits per heavy atom. The van der Waals surface area contributed by atoms with Crippen molar-refractivity contribution in [2.24, 2.45) is 11.3 Å². The highest BCUT2D eigenvalue weighted by molar-refractivity contribution is 6.31. The number of benzene rings is 1. The van der Waals surface area contributed by atoms with Gasteiger partial charge in [-0.05, 0) is 49.3 Å². The summed E-state index contributed by atoms with van der Waals surface area (Å²) in [6, 6.07) is 7.50. The van der Waals surface area contributed by atoms with Gasteiger partial charge in [0.1, 0.15) is 23.6 Å². The topological polar surface area (TPSA) is 115 Å². The molecule has 1 fully saturated rings. The van der Waals surface area contributed by atoms with Crippen LogP contribution in [0.25, 0.3) is 10.9 Å². The highest BCUT2D eigenvalue weighted by Crippen LogP contribution is 2.25. The highest BCUT2D eigenvalue weighted by Gasteiger charge is 2.31. The van der Waals surface area contributed by atoms with E-state index in [0.717, 1.165) is 30.2 Å². The molecule has 33 heavy (non-hydrogen) atoms. The van der Waals surface area contributed by atoms with Crippen LogP contribution >= 0.6 is 11.6 Å². The van der Waals surface area contributed by atoms with Crippen LogP contribution in [0.5, 0.6) is 0 Å². The number of nitrogens with one attached hydrogen (secondary N) is 3. The molecule has 1 aromatic heterocycles. The predicted octanol–water partition coefficient (Wildman–Crippen LogP) is 4.51.